The van der Waals surface area contributed by atoms with E-state index in [1.807, 2.05) is 6.92 Å². The molecule has 0 bridgehead atoms. The highest BCUT2D eigenvalue weighted by Gasteiger charge is 2.24. The van der Waals surface area contributed by atoms with E-state index in [1.54, 1.807) is 36.9 Å². The van der Waals surface area contributed by atoms with Crippen LogP contribution in [-0.4, -0.2) is 37.6 Å². The molecule has 1 aromatic heterocycles. The van der Waals surface area contributed by atoms with E-state index in [0.717, 1.165) is 6.29 Å². The molecule has 0 saturated carbocycles. The van der Waals surface area contributed by atoms with E-state index in [4.69, 9.17) is 14.2 Å². The predicted molar refractivity (Wildman–Crippen MR) is 86.4 cm³/mol. The highest BCUT2D eigenvalue weighted by atomic mass is 16.5. The molecule has 0 amide bonds. The molecular weight excluding hydrogens is 298 g/mol. The Balaban J connectivity index is 2.72. The van der Waals surface area contributed by atoms with Crippen LogP contribution in [0, 0.1) is 0 Å². The van der Waals surface area contributed by atoms with Gasteiger partial charge in [0.2, 0.25) is 0 Å². The Morgan fingerprint density at radius 3 is 2.52 bits per heavy atom. The van der Waals surface area contributed by atoms with Crippen molar-refractivity contribution in [2.45, 2.75) is 26.3 Å². The van der Waals surface area contributed by atoms with Crippen LogP contribution in [0.1, 0.15) is 36.7 Å². The Labute approximate surface area is 134 Å². The normalized spacial score (nSPS) is 12.0. The lowest BCUT2D eigenvalue weighted by atomic mass is 10.1. The summed E-state index contributed by atoms with van der Waals surface area (Å²) in [6.45, 7) is 3.97. The number of hydrogen-bond acceptors (Lipinski definition) is 5. The van der Waals surface area contributed by atoms with Crippen molar-refractivity contribution in [3.05, 3.63) is 23.9 Å². The van der Waals surface area contributed by atoms with E-state index in [-0.39, 0.29) is 5.97 Å². The van der Waals surface area contributed by atoms with E-state index in [1.165, 1.54) is 7.11 Å². The second-order valence-corrected chi connectivity index (χ2v) is 5.01. The fourth-order valence-electron chi connectivity index (χ4n) is 2.70. The number of hydrogen-bond donors (Lipinski definition) is 0. The second kappa shape index (κ2) is 7.17. The molecule has 0 aliphatic heterocycles. The monoisotopic (exact) mass is 319 g/mol. The number of methoxy groups -OCH3 is 2. The molecule has 0 aliphatic carbocycles. The van der Waals surface area contributed by atoms with Gasteiger partial charge in [0.15, 0.2) is 6.29 Å². The third-order valence-corrected chi connectivity index (χ3v) is 3.76. The third kappa shape index (κ3) is 3.02. The molecule has 6 heteroatoms. The number of fused-ring (bicyclic) bond motifs is 1. The van der Waals surface area contributed by atoms with Crippen LogP contribution in [0.25, 0.3) is 10.9 Å². The summed E-state index contributed by atoms with van der Waals surface area (Å²) in [4.78, 5) is 23.7. The lowest BCUT2D eigenvalue weighted by Gasteiger charge is -2.17. The molecule has 0 aliphatic rings. The van der Waals surface area contributed by atoms with Gasteiger partial charge in [-0.3, -0.25) is 4.79 Å². The topological polar surface area (TPSA) is 66.8 Å². The Morgan fingerprint density at radius 1 is 1.26 bits per heavy atom. The van der Waals surface area contributed by atoms with Crippen LogP contribution in [0.15, 0.2) is 18.3 Å². The molecule has 0 N–H and O–H groups in total. The minimum Gasteiger partial charge on any atom is -0.497 e. The lowest BCUT2D eigenvalue weighted by Crippen LogP contribution is -2.20. The Bertz CT molecular complexity index is 719. The van der Waals surface area contributed by atoms with Crippen molar-refractivity contribution >= 4 is 23.2 Å². The summed E-state index contributed by atoms with van der Waals surface area (Å²) in [6.07, 6.45) is 2.96. The summed E-state index contributed by atoms with van der Waals surface area (Å²) < 4.78 is 17.6. The lowest BCUT2D eigenvalue weighted by molar-refractivity contribution is -0.147. The minimum absolute atomic E-state index is 0.307. The Kier molecular flexibility index (Phi) is 5.26. The van der Waals surface area contributed by atoms with Crippen molar-refractivity contribution in [1.29, 1.82) is 0 Å². The first kappa shape index (κ1) is 16.9. The maximum absolute atomic E-state index is 12.2. The molecule has 1 unspecified atom stereocenters. The van der Waals surface area contributed by atoms with Gasteiger partial charge >= 0.3 is 5.97 Å². The van der Waals surface area contributed by atoms with Crippen molar-refractivity contribution < 1.29 is 23.8 Å². The highest BCUT2D eigenvalue weighted by Crippen LogP contribution is 2.36. The minimum atomic E-state index is -0.511. The van der Waals surface area contributed by atoms with Gasteiger partial charge in [-0.25, -0.2) is 4.79 Å². The summed E-state index contributed by atoms with van der Waals surface area (Å²) in [6, 6.07) is 2.99. The molecule has 1 heterocycles. The zero-order valence-electron chi connectivity index (χ0n) is 13.8. The molecule has 124 valence electrons. The van der Waals surface area contributed by atoms with Crippen LogP contribution in [-0.2, 0) is 9.53 Å². The number of aldehydes is 1. The molecule has 6 nitrogen and oxygen atoms in total. The summed E-state index contributed by atoms with van der Waals surface area (Å²) in [7, 11) is 3.08. The smallest absolute Gasteiger partial charge is 0.329 e. The molecular formula is C17H21NO5. The first-order valence-electron chi connectivity index (χ1n) is 7.49. The number of nitrogens with zero attached hydrogens (tertiary/aromatic N) is 1. The van der Waals surface area contributed by atoms with Crippen molar-refractivity contribution in [1.82, 2.24) is 4.57 Å². The third-order valence-electron chi connectivity index (χ3n) is 3.76. The number of carbonyl (C=O) groups is 2. The fraction of sp³-hybridized carbons (Fsp3) is 0.412. The van der Waals surface area contributed by atoms with Crippen LogP contribution in [0.5, 0.6) is 11.5 Å². The largest absolute Gasteiger partial charge is 0.497 e. The van der Waals surface area contributed by atoms with Crippen molar-refractivity contribution in [2.75, 3.05) is 20.8 Å². The molecule has 0 radical (unpaired) electrons. The molecule has 23 heavy (non-hydrogen) atoms. The first-order chi connectivity index (χ1) is 11.1. The standard InChI is InChI=1S/C17H21NO5/c1-5-13(17(20)23-6-2)18-9-11(10-19)16-14(18)7-12(21-3)8-15(16)22-4/h7-10,13H,5-6H2,1-4H3. The van der Waals surface area contributed by atoms with Gasteiger partial charge in [0.05, 0.1) is 31.7 Å². The highest BCUT2D eigenvalue weighted by molar-refractivity contribution is 6.02. The van der Waals surface area contributed by atoms with E-state index < -0.39 is 6.04 Å². The van der Waals surface area contributed by atoms with Crippen molar-refractivity contribution in [3.63, 3.8) is 0 Å². The molecule has 0 spiro atoms. The van der Waals surface area contributed by atoms with Crippen molar-refractivity contribution in [2.24, 2.45) is 0 Å². The quantitative estimate of drug-likeness (QED) is 0.580. The van der Waals surface area contributed by atoms with E-state index >= 15 is 0 Å². The van der Waals surface area contributed by atoms with Gasteiger partial charge < -0.3 is 18.8 Å². The average molecular weight is 319 g/mol. The molecule has 2 rings (SSSR count). The number of rotatable bonds is 7. The van der Waals surface area contributed by atoms with E-state index in [2.05, 4.69) is 0 Å². The SMILES string of the molecule is CCOC(=O)C(CC)n1cc(C=O)c2c(OC)cc(OC)cc21. The average Bonchev–Trinajstić information content (AvgIpc) is 2.93. The van der Waals surface area contributed by atoms with Gasteiger partial charge in [0, 0.05) is 23.9 Å². The van der Waals surface area contributed by atoms with Gasteiger partial charge in [-0.05, 0) is 13.3 Å². The Morgan fingerprint density at radius 2 is 2.00 bits per heavy atom. The zero-order valence-corrected chi connectivity index (χ0v) is 13.8. The summed E-state index contributed by atoms with van der Waals surface area (Å²) in [5.41, 5.74) is 1.16. The predicted octanol–water partition coefficient (Wildman–Crippen LogP) is 2.99. The maximum Gasteiger partial charge on any atom is 0.329 e. The number of benzene rings is 1. The number of ether oxygens (including phenoxy) is 3. The first-order valence-corrected chi connectivity index (χ1v) is 7.49. The van der Waals surface area contributed by atoms with Crippen molar-refractivity contribution in [3.8, 4) is 11.5 Å². The van der Waals surface area contributed by atoms with E-state index in [0.29, 0.717) is 41.0 Å². The maximum atomic E-state index is 12.2. The van der Waals surface area contributed by atoms with Crippen LogP contribution in [0.3, 0.4) is 0 Å². The molecule has 0 saturated heterocycles. The summed E-state index contributed by atoms with van der Waals surface area (Å²) in [5.74, 6) is 0.787. The van der Waals surface area contributed by atoms with Crippen LogP contribution < -0.4 is 9.47 Å². The van der Waals surface area contributed by atoms with E-state index in [9.17, 15) is 9.59 Å². The number of aromatic nitrogens is 1. The number of carbonyl (C=O) groups excluding carboxylic acids is 2. The van der Waals surface area contributed by atoms with Crippen LogP contribution in [0.4, 0.5) is 0 Å². The molecule has 1 atom stereocenters. The molecule has 0 fully saturated rings. The van der Waals surface area contributed by atoms with Gasteiger partial charge in [-0.1, -0.05) is 6.92 Å². The molecule has 1 aromatic carbocycles. The number of esters is 1. The zero-order chi connectivity index (χ0) is 17.0. The summed E-state index contributed by atoms with van der Waals surface area (Å²) >= 11 is 0. The van der Waals surface area contributed by atoms with Gasteiger partial charge in [-0.15, -0.1) is 0 Å². The molecule has 2 aromatic rings. The van der Waals surface area contributed by atoms with Gasteiger partial charge in [0.1, 0.15) is 17.5 Å². The fourth-order valence-corrected chi connectivity index (χ4v) is 2.70. The summed E-state index contributed by atoms with van der Waals surface area (Å²) in [5, 5.41) is 0.658. The van der Waals surface area contributed by atoms with Gasteiger partial charge in [0.25, 0.3) is 0 Å². The van der Waals surface area contributed by atoms with Crippen LogP contribution >= 0.6 is 0 Å². The van der Waals surface area contributed by atoms with Crippen LogP contribution in [0.2, 0.25) is 0 Å². The van der Waals surface area contributed by atoms with Gasteiger partial charge in [-0.2, -0.15) is 0 Å². The Hall–Kier alpha value is -2.50. The second-order valence-electron chi connectivity index (χ2n) is 5.01.